The van der Waals surface area contributed by atoms with Crippen molar-refractivity contribution in [3.8, 4) is 11.5 Å². The lowest BCUT2D eigenvalue weighted by atomic mass is 10.0. The second-order valence-electron chi connectivity index (χ2n) is 6.07. The van der Waals surface area contributed by atoms with Crippen molar-refractivity contribution in [3.63, 3.8) is 0 Å². The minimum Gasteiger partial charge on any atom is -0.493 e. The summed E-state index contributed by atoms with van der Waals surface area (Å²) < 4.78 is 11.4. The quantitative estimate of drug-likeness (QED) is 0.588. The van der Waals surface area contributed by atoms with E-state index in [4.69, 9.17) is 38.4 Å². The second kappa shape index (κ2) is 9.09. The molecule has 0 aliphatic rings. The maximum absolute atomic E-state index is 6.26. The summed E-state index contributed by atoms with van der Waals surface area (Å²) in [5.41, 5.74) is 9.01. The molecule has 0 aliphatic carbocycles. The average molecular weight is 403 g/mol. The van der Waals surface area contributed by atoms with Crippen molar-refractivity contribution in [2.24, 2.45) is 5.73 Å². The molecule has 1 unspecified atom stereocenters. The molecule has 0 spiro atoms. The van der Waals surface area contributed by atoms with E-state index in [1.165, 1.54) is 0 Å². The monoisotopic (exact) mass is 402 g/mol. The van der Waals surface area contributed by atoms with Crippen LogP contribution < -0.4 is 15.2 Å². The number of hydrogen-bond donors (Lipinski definition) is 1. The molecule has 0 aliphatic heterocycles. The summed E-state index contributed by atoms with van der Waals surface area (Å²) >= 11 is 12.1. The van der Waals surface area contributed by atoms with E-state index in [2.05, 4.69) is 4.98 Å². The van der Waals surface area contributed by atoms with Crippen LogP contribution in [0.3, 0.4) is 0 Å². The third-order valence-electron chi connectivity index (χ3n) is 4.15. The average Bonchev–Trinajstić information content (AvgIpc) is 2.68. The van der Waals surface area contributed by atoms with E-state index in [1.54, 1.807) is 25.4 Å². The van der Waals surface area contributed by atoms with Crippen LogP contribution in [0.5, 0.6) is 11.5 Å². The van der Waals surface area contributed by atoms with Gasteiger partial charge in [-0.05, 0) is 48.4 Å². The van der Waals surface area contributed by atoms with Gasteiger partial charge in [0.2, 0.25) is 0 Å². The molecular formula is C21H20Cl2N2O2. The van der Waals surface area contributed by atoms with Gasteiger partial charge in [0.15, 0.2) is 11.5 Å². The smallest absolute Gasteiger partial charge is 0.161 e. The Hall–Kier alpha value is -2.27. The van der Waals surface area contributed by atoms with Gasteiger partial charge in [0.1, 0.15) is 6.61 Å². The van der Waals surface area contributed by atoms with Gasteiger partial charge in [-0.1, -0.05) is 41.4 Å². The van der Waals surface area contributed by atoms with E-state index in [1.807, 2.05) is 42.5 Å². The van der Waals surface area contributed by atoms with E-state index in [-0.39, 0.29) is 6.04 Å². The van der Waals surface area contributed by atoms with Crippen LogP contribution in [0.4, 0.5) is 0 Å². The SMILES string of the molecule is COc1cc(CC(N)c2ccccn2)ccc1OCc1ccc(Cl)cc1Cl. The van der Waals surface area contributed by atoms with Gasteiger partial charge in [0, 0.05) is 21.8 Å². The van der Waals surface area contributed by atoms with Crippen LogP contribution >= 0.6 is 23.2 Å². The summed E-state index contributed by atoms with van der Waals surface area (Å²) in [5, 5.41) is 1.16. The third kappa shape index (κ3) is 5.13. The summed E-state index contributed by atoms with van der Waals surface area (Å²) in [5.74, 6) is 1.28. The molecule has 1 aromatic heterocycles. The highest BCUT2D eigenvalue weighted by atomic mass is 35.5. The summed E-state index contributed by atoms with van der Waals surface area (Å²) in [6.45, 7) is 0.319. The van der Waals surface area contributed by atoms with Crippen LogP contribution in [0.15, 0.2) is 60.8 Å². The molecule has 1 heterocycles. The van der Waals surface area contributed by atoms with Crippen molar-refractivity contribution in [2.75, 3.05) is 7.11 Å². The number of benzene rings is 2. The molecule has 0 fully saturated rings. The highest BCUT2D eigenvalue weighted by Gasteiger charge is 2.12. The van der Waals surface area contributed by atoms with Crippen LogP contribution in [-0.4, -0.2) is 12.1 Å². The Bertz CT molecular complexity index is 904. The Labute approximate surface area is 168 Å². The molecular weight excluding hydrogens is 383 g/mol. The first-order chi connectivity index (χ1) is 13.1. The van der Waals surface area contributed by atoms with E-state index in [0.29, 0.717) is 34.6 Å². The Kier molecular flexibility index (Phi) is 6.56. The second-order valence-corrected chi connectivity index (χ2v) is 6.92. The topological polar surface area (TPSA) is 57.4 Å². The molecule has 0 amide bonds. The number of rotatable bonds is 7. The fourth-order valence-corrected chi connectivity index (χ4v) is 3.17. The van der Waals surface area contributed by atoms with Crippen LogP contribution in [0.2, 0.25) is 10.0 Å². The van der Waals surface area contributed by atoms with Crippen molar-refractivity contribution >= 4 is 23.2 Å². The summed E-state index contributed by atoms with van der Waals surface area (Å²) in [6.07, 6.45) is 2.39. The Balaban J connectivity index is 1.70. The predicted molar refractivity (Wildman–Crippen MR) is 109 cm³/mol. The molecule has 2 N–H and O–H groups in total. The summed E-state index contributed by atoms with van der Waals surface area (Å²) in [4.78, 5) is 4.31. The van der Waals surface area contributed by atoms with E-state index in [9.17, 15) is 0 Å². The van der Waals surface area contributed by atoms with E-state index >= 15 is 0 Å². The van der Waals surface area contributed by atoms with Crippen molar-refractivity contribution in [2.45, 2.75) is 19.1 Å². The summed E-state index contributed by atoms with van der Waals surface area (Å²) in [7, 11) is 1.61. The largest absolute Gasteiger partial charge is 0.493 e. The lowest BCUT2D eigenvalue weighted by Gasteiger charge is -2.15. The van der Waals surface area contributed by atoms with Gasteiger partial charge >= 0.3 is 0 Å². The maximum atomic E-state index is 6.26. The summed E-state index contributed by atoms with van der Waals surface area (Å²) in [6, 6.07) is 16.7. The third-order valence-corrected chi connectivity index (χ3v) is 4.74. The van der Waals surface area contributed by atoms with Gasteiger partial charge in [-0.15, -0.1) is 0 Å². The van der Waals surface area contributed by atoms with Gasteiger partial charge < -0.3 is 15.2 Å². The zero-order valence-electron chi connectivity index (χ0n) is 14.9. The Morgan fingerprint density at radius 1 is 1.04 bits per heavy atom. The standard InChI is InChI=1S/C21H20Cl2N2O2/c1-26-21-11-14(10-18(24)19-4-2-3-9-25-19)5-8-20(21)27-13-15-6-7-16(22)12-17(15)23/h2-9,11-12,18H,10,13,24H2,1H3. The molecule has 0 saturated heterocycles. The number of nitrogens with two attached hydrogens (primary N) is 1. The van der Waals surface area contributed by atoms with Gasteiger partial charge in [-0.3, -0.25) is 4.98 Å². The first-order valence-electron chi connectivity index (χ1n) is 8.47. The van der Waals surface area contributed by atoms with Gasteiger partial charge in [-0.2, -0.15) is 0 Å². The molecule has 140 valence electrons. The van der Waals surface area contributed by atoms with E-state index < -0.39 is 0 Å². The number of aromatic nitrogens is 1. The number of ether oxygens (including phenoxy) is 2. The minimum atomic E-state index is -0.185. The van der Waals surface area contributed by atoms with Crippen molar-refractivity contribution in [1.82, 2.24) is 4.98 Å². The van der Waals surface area contributed by atoms with Gasteiger partial charge in [-0.25, -0.2) is 0 Å². The molecule has 0 saturated carbocycles. The number of nitrogens with zero attached hydrogens (tertiary/aromatic N) is 1. The maximum Gasteiger partial charge on any atom is 0.161 e. The molecule has 27 heavy (non-hydrogen) atoms. The van der Waals surface area contributed by atoms with Crippen molar-refractivity contribution in [1.29, 1.82) is 0 Å². The van der Waals surface area contributed by atoms with Gasteiger partial charge in [0.25, 0.3) is 0 Å². The Morgan fingerprint density at radius 2 is 1.89 bits per heavy atom. The Morgan fingerprint density at radius 3 is 2.59 bits per heavy atom. The number of hydrogen-bond acceptors (Lipinski definition) is 4. The van der Waals surface area contributed by atoms with Crippen LogP contribution in [0, 0.1) is 0 Å². The highest BCUT2D eigenvalue weighted by molar-refractivity contribution is 6.35. The first kappa shape index (κ1) is 19.5. The molecule has 1 atom stereocenters. The molecule has 3 aromatic rings. The lowest BCUT2D eigenvalue weighted by molar-refractivity contribution is 0.284. The van der Waals surface area contributed by atoms with Gasteiger partial charge in [0.05, 0.1) is 18.8 Å². The fraction of sp³-hybridized carbons (Fsp3) is 0.190. The predicted octanol–water partition coefficient (Wildman–Crippen LogP) is 5.22. The highest BCUT2D eigenvalue weighted by Crippen LogP contribution is 2.31. The van der Waals surface area contributed by atoms with Crippen LogP contribution in [0.1, 0.15) is 22.9 Å². The van der Waals surface area contributed by atoms with Crippen molar-refractivity contribution < 1.29 is 9.47 Å². The normalized spacial score (nSPS) is 11.9. The zero-order chi connectivity index (χ0) is 19.2. The van der Waals surface area contributed by atoms with Crippen LogP contribution in [0.25, 0.3) is 0 Å². The van der Waals surface area contributed by atoms with Crippen LogP contribution in [-0.2, 0) is 13.0 Å². The number of halogens is 2. The number of methoxy groups -OCH3 is 1. The van der Waals surface area contributed by atoms with E-state index in [0.717, 1.165) is 16.8 Å². The minimum absolute atomic E-state index is 0.185. The molecule has 2 aromatic carbocycles. The molecule has 3 rings (SSSR count). The molecule has 6 heteroatoms. The molecule has 0 radical (unpaired) electrons. The lowest BCUT2D eigenvalue weighted by Crippen LogP contribution is -2.14. The number of pyridine rings is 1. The van der Waals surface area contributed by atoms with Crippen molar-refractivity contribution in [3.05, 3.63) is 87.7 Å². The first-order valence-corrected chi connectivity index (χ1v) is 9.22. The fourth-order valence-electron chi connectivity index (χ4n) is 2.71. The molecule has 0 bridgehead atoms. The zero-order valence-corrected chi connectivity index (χ0v) is 16.4. The molecule has 4 nitrogen and oxygen atoms in total.